The van der Waals surface area contributed by atoms with Gasteiger partial charge in [-0.1, -0.05) is 0 Å². The van der Waals surface area contributed by atoms with Crippen LogP contribution in [0.4, 0.5) is 8.78 Å². The Morgan fingerprint density at radius 1 is 0.795 bits per heavy atom. The maximum absolute atomic E-state index is 14.0. The van der Waals surface area contributed by atoms with E-state index in [0.717, 1.165) is 0 Å². The van der Waals surface area contributed by atoms with Crippen molar-refractivity contribution in [2.45, 2.75) is 123 Å². The standard InChI is InChI=1S/C25H40Cl2F2N6O4/c26-17-3-1-14(9-19(17)28)38-12-21(36)30-24-5-7-25(8-6-24,16(11-24)23-32-34-35-33-23)31-22(37)13-39-15-2-4-18(27)20(29)10-15/h14-20,23,32-35H,1-13H2,(H,30,36)(H,31,37)/t14?,15?,16-,17?,18?,19?,20?,24?,25?/m1/s1. The molecule has 7 atom stereocenters. The maximum atomic E-state index is 14.0. The van der Waals surface area contributed by atoms with Gasteiger partial charge in [-0.15, -0.1) is 23.2 Å². The monoisotopic (exact) mass is 596 g/mol. The van der Waals surface area contributed by atoms with Crippen molar-refractivity contribution in [2.75, 3.05) is 13.2 Å². The summed E-state index contributed by atoms with van der Waals surface area (Å²) in [6.07, 6.45) is 3.11. The number of carbonyl (C=O) groups excluding carboxylic acids is 2. The molecule has 1 aliphatic heterocycles. The third kappa shape index (κ3) is 6.97. The Balaban J connectivity index is 1.15. The molecule has 6 N–H and O–H groups in total. The molecule has 5 aliphatic carbocycles. The van der Waals surface area contributed by atoms with E-state index in [1.807, 2.05) is 0 Å². The molecule has 39 heavy (non-hydrogen) atoms. The molecule has 10 nitrogen and oxygen atoms in total. The predicted molar refractivity (Wildman–Crippen MR) is 141 cm³/mol. The lowest BCUT2D eigenvalue weighted by molar-refractivity contribution is -0.139. The number of amides is 2. The summed E-state index contributed by atoms with van der Waals surface area (Å²) < 4.78 is 39.4. The zero-order valence-electron chi connectivity index (χ0n) is 22.0. The fourth-order valence-electron chi connectivity index (χ4n) is 7.08. The number of nitrogens with one attached hydrogen (secondary N) is 6. The first-order valence-electron chi connectivity index (χ1n) is 14.1. The van der Waals surface area contributed by atoms with E-state index >= 15 is 0 Å². The quantitative estimate of drug-likeness (QED) is 0.222. The second-order valence-corrected chi connectivity index (χ2v) is 13.0. The van der Waals surface area contributed by atoms with Gasteiger partial charge in [-0.2, -0.15) is 11.1 Å². The van der Waals surface area contributed by atoms with Gasteiger partial charge in [-0.3, -0.25) is 9.59 Å². The van der Waals surface area contributed by atoms with Crippen LogP contribution < -0.4 is 32.6 Å². The summed E-state index contributed by atoms with van der Waals surface area (Å²) in [5, 5.41) is 5.49. The van der Waals surface area contributed by atoms with Crippen LogP contribution in [0.1, 0.15) is 70.6 Å². The van der Waals surface area contributed by atoms with E-state index in [4.69, 9.17) is 32.7 Å². The fourth-order valence-corrected chi connectivity index (χ4v) is 7.54. The zero-order chi connectivity index (χ0) is 27.6. The molecule has 6 rings (SSSR count). The van der Waals surface area contributed by atoms with E-state index in [1.165, 1.54) is 0 Å². The molecule has 0 aromatic heterocycles. The largest absolute Gasteiger partial charge is 0.368 e. The highest BCUT2D eigenvalue weighted by Gasteiger charge is 2.58. The molecule has 0 aromatic carbocycles. The van der Waals surface area contributed by atoms with Crippen LogP contribution in [-0.4, -0.2) is 77.6 Å². The summed E-state index contributed by atoms with van der Waals surface area (Å²) in [6, 6.07) is 0. The highest BCUT2D eigenvalue weighted by molar-refractivity contribution is 6.21. The van der Waals surface area contributed by atoms with Crippen LogP contribution >= 0.6 is 23.2 Å². The molecule has 1 saturated heterocycles. The van der Waals surface area contributed by atoms with Gasteiger partial charge in [0.25, 0.3) is 0 Å². The Morgan fingerprint density at radius 2 is 1.31 bits per heavy atom. The molecule has 2 bridgehead atoms. The molecule has 6 fully saturated rings. The summed E-state index contributed by atoms with van der Waals surface area (Å²) >= 11 is 11.9. The first-order chi connectivity index (χ1) is 18.7. The van der Waals surface area contributed by atoms with Gasteiger partial charge in [-0.25, -0.2) is 19.6 Å². The fraction of sp³-hybridized carbons (Fsp3) is 0.920. The summed E-state index contributed by atoms with van der Waals surface area (Å²) in [5.74, 6) is -0.502. The van der Waals surface area contributed by atoms with Gasteiger partial charge in [-0.05, 0) is 57.8 Å². The van der Waals surface area contributed by atoms with E-state index in [-0.39, 0.29) is 62.2 Å². The maximum Gasteiger partial charge on any atom is 0.246 e. The third-order valence-corrected chi connectivity index (χ3v) is 10.3. The molecular formula is C25H40Cl2F2N6O4. The molecule has 2 amide bonds. The normalized spacial score (nSPS) is 42.8. The molecule has 5 saturated carbocycles. The Hall–Kier alpha value is -0.860. The number of rotatable bonds is 9. The summed E-state index contributed by atoms with van der Waals surface area (Å²) in [6.45, 7) is -0.254. The molecular weight excluding hydrogens is 557 g/mol. The van der Waals surface area contributed by atoms with E-state index in [1.54, 1.807) is 0 Å². The van der Waals surface area contributed by atoms with Crippen LogP contribution in [0.5, 0.6) is 0 Å². The molecule has 6 unspecified atom stereocenters. The minimum atomic E-state index is -1.12. The van der Waals surface area contributed by atoms with Crippen molar-refractivity contribution in [1.82, 2.24) is 32.6 Å². The summed E-state index contributed by atoms with van der Waals surface area (Å²) in [4.78, 5) is 25.9. The van der Waals surface area contributed by atoms with Crippen molar-refractivity contribution in [2.24, 2.45) is 5.92 Å². The second kappa shape index (κ2) is 12.6. The van der Waals surface area contributed by atoms with E-state index in [2.05, 4.69) is 32.6 Å². The van der Waals surface area contributed by atoms with Gasteiger partial charge >= 0.3 is 0 Å². The zero-order valence-corrected chi connectivity index (χ0v) is 23.5. The lowest BCUT2D eigenvalue weighted by Crippen LogP contribution is -2.72. The highest BCUT2D eigenvalue weighted by atomic mass is 35.5. The first-order valence-corrected chi connectivity index (χ1v) is 15.0. The van der Waals surface area contributed by atoms with Crippen LogP contribution in [0.2, 0.25) is 0 Å². The lowest BCUT2D eigenvalue weighted by Gasteiger charge is -2.59. The summed E-state index contributed by atoms with van der Waals surface area (Å²) in [5.41, 5.74) is 11.1. The number of hydrogen-bond donors (Lipinski definition) is 6. The van der Waals surface area contributed by atoms with Crippen LogP contribution in [0.3, 0.4) is 0 Å². The van der Waals surface area contributed by atoms with Crippen LogP contribution in [0.15, 0.2) is 0 Å². The Bertz CT molecular complexity index is 880. The molecule has 1 heterocycles. The number of ether oxygens (including phenoxy) is 2. The average molecular weight is 598 g/mol. The smallest absolute Gasteiger partial charge is 0.246 e. The number of fused-ring (bicyclic) bond motifs is 3. The van der Waals surface area contributed by atoms with E-state index in [0.29, 0.717) is 57.8 Å². The van der Waals surface area contributed by atoms with Crippen molar-refractivity contribution in [3.8, 4) is 0 Å². The molecule has 0 spiro atoms. The SMILES string of the molecule is O=C(COC1CCC(Cl)C(F)C1)NC12CCC(NC(=O)COC3CCC(Cl)C(F)C3)(CC1)[C@@H](C1NNNN1)C2. The highest BCUT2D eigenvalue weighted by Crippen LogP contribution is 2.51. The van der Waals surface area contributed by atoms with Crippen LogP contribution in [0.25, 0.3) is 0 Å². The van der Waals surface area contributed by atoms with Crippen molar-refractivity contribution >= 4 is 35.0 Å². The Kier molecular flexibility index (Phi) is 9.54. The Morgan fingerprint density at radius 3 is 1.82 bits per heavy atom. The third-order valence-electron chi connectivity index (χ3n) is 9.32. The number of hydrazine groups is 3. The van der Waals surface area contributed by atoms with Crippen molar-refractivity contribution < 1.29 is 27.8 Å². The van der Waals surface area contributed by atoms with E-state index in [9.17, 15) is 18.4 Å². The minimum Gasteiger partial charge on any atom is -0.368 e. The van der Waals surface area contributed by atoms with Gasteiger partial charge in [0.15, 0.2) is 0 Å². The van der Waals surface area contributed by atoms with Crippen molar-refractivity contribution in [3.05, 3.63) is 0 Å². The summed E-state index contributed by atoms with van der Waals surface area (Å²) in [7, 11) is 0. The molecule has 14 heteroatoms. The lowest BCUT2D eigenvalue weighted by atomic mass is 9.55. The van der Waals surface area contributed by atoms with Gasteiger partial charge in [0.2, 0.25) is 11.8 Å². The van der Waals surface area contributed by atoms with Gasteiger partial charge < -0.3 is 20.1 Å². The number of alkyl halides is 4. The second-order valence-electron chi connectivity index (χ2n) is 11.9. The average Bonchev–Trinajstić information content (AvgIpc) is 3.46. The molecule has 0 aromatic rings. The van der Waals surface area contributed by atoms with Crippen LogP contribution in [0, 0.1) is 5.92 Å². The minimum absolute atomic E-state index is 0.0547. The number of hydrogen-bond acceptors (Lipinski definition) is 8. The van der Waals surface area contributed by atoms with E-state index < -0.39 is 34.2 Å². The molecule has 6 aliphatic rings. The number of carbonyl (C=O) groups is 2. The van der Waals surface area contributed by atoms with Crippen LogP contribution in [-0.2, 0) is 19.1 Å². The molecule has 222 valence electrons. The topological polar surface area (TPSA) is 125 Å². The molecule has 0 radical (unpaired) electrons. The van der Waals surface area contributed by atoms with Gasteiger partial charge in [0.1, 0.15) is 25.6 Å². The number of halogens is 4. The Labute approximate surface area is 237 Å². The predicted octanol–water partition coefficient (Wildman–Crippen LogP) is 1.76. The van der Waals surface area contributed by atoms with Crippen molar-refractivity contribution in [1.29, 1.82) is 0 Å². The van der Waals surface area contributed by atoms with Crippen molar-refractivity contribution in [3.63, 3.8) is 0 Å². The van der Waals surface area contributed by atoms with Gasteiger partial charge in [0.05, 0.1) is 29.1 Å². The first kappa shape index (κ1) is 29.6. The van der Waals surface area contributed by atoms with Gasteiger partial charge in [0, 0.05) is 29.8 Å².